The Morgan fingerprint density at radius 1 is 1.29 bits per heavy atom. The SMILES string of the molecule is CC(C)Cc1nc(CS(=O)(=O)Cc2cccc(Cl)c2)no1. The van der Waals surface area contributed by atoms with Crippen LogP contribution in [0.2, 0.25) is 5.02 Å². The van der Waals surface area contributed by atoms with Gasteiger partial charge in [0, 0.05) is 11.4 Å². The van der Waals surface area contributed by atoms with Gasteiger partial charge in [0.25, 0.3) is 0 Å². The van der Waals surface area contributed by atoms with Crippen molar-refractivity contribution in [2.75, 3.05) is 0 Å². The third kappa shape index (κ3) is 5.13. The number of halogens is 1. The molecule has 21 heavy (non-hydrogen) atoms. The maximum absolute atomic E-state index is 12.1. The van der Waals surface area contributed by atoms with E-state index in [1.165, 1.54) is 0 Å². The summed E-state index contributed by atoms with van der Waals surface area (Å²) in [5.74, 6) is 0.718. The quantitative estimate of drug-likeness (QED) is 0.814. The predicted molar refractivity (Wildman–Crippen MR) is 80.6 cm³/mol. The normalized spacial score (nSPS) is 12.0. The monoisotopic (exact) mass is 328 g/mol. The van der Waals surface area contributed by atoms with Crippen molar-refractivity contribution in [1.82, 2.24) is 10.1 Å². The maximum atomic E-state index is 12.1. The minimum atomic E-state index is -3.36. The van der Waals surface area contributed by atoms with Crippen LogP contribution in [0.5, 0.6) is 0 Å². The molecule has 1 aromatic heterocycles. The van der Waals surface area contributed by atoms with Gasteiger partial charge in [-0.1, -0.05) is 42.7 Å². The van der Waals surface area contributed by atoms with Crippen LogP contribution < -0.4 is 0 Å². The van der Waals surface area contributed by atoms with E-state index >= 15 is 0 Å². The fraction of sp³-hybridized carbons (Fsp3) is 0.429. The van der Waals surface area contributed by atoms with E-state index in [1.807, 2.05) is 13.8 Å². The van der Waals surface area contributed by atoms with Gasteiger partial charge in [0.15, 0.2) is 15.7 Å². The Hall–Kier alpha value is -1.40. The molecule has 2 rings (SSSR count). The number of nitrogens with zero attached hydrogens (tertiary/aromatic N) is 2. The van der Waals surface area contributed by atoms with E-state index < -0.39 is 9.84 Å². The average Bonchev–Trinajstić information content (AvgIpc) is 2.73. The summed E-state index contributed by atoms with van der Waals surface area (Å²) >= 11 is 5.85. The summed E-state index contributed by atoms with van der Waals surface area (Å²) in [5.41, 5.74) is 0.647. The fourth-order valence-electron chi connectivity index (χ4n) is 1.91. The first-order chi connectivity index (χ1) is 9.84. The molecule has 0 atom stereocenters. The van der Waals surface area contributed by atoms with Crippen molar-refractivity contribution >= 4 is 21.4 Å². The molecule has 0 amide bonds. The minimum Gasteiger partial charge on any atom is -0.339 e. The highest BCUT2D eigenvalue weighted by molar-refractivity contribution is 7.89. The van der Waals surface area contributed by atoms with Gasteiger partial charge in [0.1, 0.15) is 5.75 Å². The van der Waals surface area contributed by atoms with Crippen molar-refractivity contribution < 1.29 is 12.9 Å². The lowest BCUT2D eigenvalue weighted by Crippen LogP contribution is -2.09. The standard InChI is InChI=1S/C14H17ClN2O3S/c1-10(2)6-14-16-13(17-20-14)9-21(18,19)8-11-4-3-5-12(15)7-11/h3-5,7,10H,6,8-9H2,1-2H3. The second kappa shape index (κ2) is 6.58. The molecule has 0 spiro atoms. The number of rotatable bonds is 6. The van der Waals surface area contributed by atoms with Crippen molar-refractivity contribution in [2.24, 2.45) is 5.92 Å². The van der Waals surface area contributed by atoms with E-state index in [0.717, 1.165) is 0 Å². The van der Waals surface area contributed by atoms with Crippen LogP contribution in [-0.4, -0.2) is 18.6 Å². The molecule has 5 nitrogen and oxygen atoms in total. The summed E-state index contributed by atoms with van der Waals surface area (Å²) in [6.45, 7) is 4.06. The van der Waals surface area contributed by atoms with E-state index in [4.69, 9.17) is 16.1 Å². The lowest BCUT2D eigenvalue weighted by molar-refractivity contribution is 0.359. The lowest BCUT2D eigenvalue weighted by Gasteiger charge is -2.02. The molecule has 0 radical (unpaired) electrons. The second-order valence-electron chi connectivity index (χ2n) is 5.36. The van der Waals surface area contributed by atoms with Gasteiger partial charge in [-0.05, 0) is 23.6 Å². The Balaban J connectivity index is 2.05. The highest BCUT2D eigenvalue weighted by Crippen LogP contribution is 2.15. The van der Waals surface area contributed by atoms with E-state index in [9.17, 15) is 8.42 Å². The molecule has 0 unspecified atom stereocenters. The second-order valence-corrected chi connectivity index (χ2v) is 7.87. The third-order valence-corrected chi connectivity index (χ3v) is 4.42. The summed E-state index contributed by atoms with van der Waals surface area (Å²) in [6, 6.07) is 6.79. The molecule has 114 valence electrons. The summed E-state index contributed by atoms with van der Waals surface area (Å²) < 4.78 is 29.3. The molecule has 0 bridgehead atoms. The van der Waals surface area contributed by atoms with Gasteiger partial charge >= 0.3 is 0 Å². The first kappa shape index (κ1) is 16.0. The molecule has 7 heteroatoms. The molecular formula is C14H17ClN2O3S. The van der Waals surface area contributed by atoms with Crippen LogP contribution in [0, 0.1) is 5.92 Å². The molecule has 0 saturated heterocycles. The van der Waals surface area contributed by atoms with Crippen LogP contribution in [0.3, 0.4) is 0 Å². The summed E-state index contributed by atoms with van der Waals surface area (Å²) in [4.78, 5) is 4.11. The summed E-state index contributed by atoms with van der Waals surface area (Å²) in [6.07, 6.45) is 0.640. The molecule has 1 heterocycles. The van der Waals surface area contributed by atoms with Crippen molar-refractivity contribution in [3.63, 3.8) is 0 Å². The zero-order chi connectivity index (χ0) is 15.5. The first-order valence-corrected chi connectivity index (χ1v) is 8.80. The summed E-state index contributed by atoms with van der Waals surface area (Å²) in [7, 11) is -3.36. The van der Waals surface area contributed by atoms with E-state index in [1.54, 1.807) is 24.3 Å². The molecule has 1 aromatic carbocycles. The summed E-state index contributed by atoms with van der Waals surface area (Å²) in [5, 5.41) is 4.24. The number of hydrogen-bond acceptors (Lipinski definition) is 5. The number of aromatic nitrogens is 2. The molecule has 0 aliphatic carbocycles. The Morgan fingerprint density at radius 2 is 2.05 bits per heavy atom. The van der Waals surface area contributed by atoms with Crippen molar-refractivity contribution in [2.45, 2.75) is 31.8 Å². The van der Waals surface area contributed by atoms with Gasteiger partial charge < -0.3 is 4.52 Å². The first-order valence-electron chi connectivity index (χ1n) is 6.60. The van der Waals surface area contributed by atoms with Gasteiger partial charge in [-0.2, -0.15) is 4.98 Å². The topological polar surface area (TPSA) is 73.1 Å². The van der Waals surface area contributed by atoms with Crippen LogP contribution >= 0.6 is 11.6 Å². The Bertz CT molecular complexity index is 711. The molecular weight excluding hydrogens is 312 g/mol. The predicted octanol–water partition coefficient (Wildman–Crippen LogP) is 3.04. The van der Waals surface area contributed by atoms with Crippen LogP contribution in [0.15, 0.2) is 28.8 Å². The molecule has 0 fully saturated rings. The van der Waals surface area contributed by atoms with Crippen LogP contribution in [0.4, 0.5) is 0 Å². The smallest absolute Gasteiger partial charge is 0.226 e. The van der Waals surface area contributed by atoms with Gasteiger partial charge in [-0.25, -0.2) is 8.42 Å². The molecule has 0 N–H and O–H groups in total. The number of benzene rings is 1. The van der Waals surface area contributed by atoms with E-state index in [0.29, 0.717) is 28.8 Å². The third-order valence-electron chi connectivity index (χ3n) is 2.72. The minimum absolute atomic E-state index is 0.0956. The fourth-order valence-corrected chi connectivity index (χ4v) is 3.42. The molecule has 0 saturated carbocycles. The van der Waals surface area contributed by atoms with Gasteiger partial charge in [0.2, 0.25) is 5.89 Å². The Kier molecular flexibility index (Phi) is 5.00. The van der Waals surface area contributed by atoms with Gasteiger partial charge in [-0.3, -0.25) is 0 Å². The largest absolute Gasteiger partial charge is 0.339 e. The number of hydrogen-bond donors (Lipinski definition) is 0. The Morgan fingerprint density at radius 3 is 2.71 bits per heavy atom. The van der Waals surface area contributed by atoms with E-state index in [2.05, 4.69) is 10.1 Å². The number of sulfone groups is 1. The zero-order valence-corrected chi connectivity index (χ0v) is 13.5. The van der Waals surface area contributed by atoms with Crippen LogP contribution in [-0.2, 0) is 27.8 Å². The highest BCUT2D eigenvalue weighted by atomic mass is 35.5. The lowest BCUT2D eigenvalue weighted by atomic mass is 10.1. The van der Waals surface area contributed by atoms with Crippen molar-refractivity contribution in [1.29, 1.82) is 0 Å². The van der Waals surface area contributed by atoms with Crippen molar-refractivity contribution in [3.05, 3.63) is 46.6 Å². The Labute approximate surface area is 129 Å². The van der Waals surface area contributed by atoms with E-state index in [-0.39, 0.29) is 17.3 Å². The zero-order valence-electron chi connectivity index (χ0n) is 11.9. The van der Waals surface area contributed by atoms with Gasteiger partial charge in [0.05, 0.1) is 5.75 Å². The average molecular weight is 329 g/mol. The molecule has 2 aromatic rings. The maximum Gasteiger partial charge on any atom is 0.226 e. The highest BCUT2D eigenvalue weighted by Gasteiger charge is 2.18. The van der Waals surface area contributed by atoms with Crippen LogP contribution in [0.1, 0.15) is 31.1 Å². The van der Waals surface area contributed by atoms with Crippen LogP contribution in [0.25, 0.3) is 0 Å². The van der Waals surface area contributed by atoms with Gasteiger partial charge in [-0.15, -0.1) is 0 Å². The van der Waals surface area contributed by atoms with Crippen molar-refractivity contribution in [3.8, 4) is 0 Å². The molecule has 0 aliphatic heterocycles. The molecule has 0 aliphatic rings.